The zero-order chi connectivity index (χ0) is 32.5. The van der Waals surface area contributed by atoms with E-state index >= 15 is 0 Å². The van der Waals surface area contributed by atoms with Crippen molar-refractivity contribution in [1.82, 2.24) is 20.4 Å². The molecule has 2 N–H and O–H groups in total. The van der Waals surface area contributed by atoms with Crippen LogP contribution in [0.1, 0.15) is 32.1 Å². The second-order valence-electron chi connectivity index (χ2n) is 10.3. The molecule has 236 valence electrons. The van der Waals surface area contributed by atoms with Crippen LogP contribution in [0.4, 0.5) is 18.9 Å². The summed E-state index contributed by atoms with van der Waals surface area (Å²) < 4.78 is 73.4. The fraction of sp³-hybridized carbons (Fsp3) is 0.258. The highest BCUT2D eigenvalue weighted by Gasteiger charge is 2.43. The molecule has 0 spiro atoms. The van der Waals surface area contributed by atoms with Crippen molar-refractivity contribution in [3.8, 4) is 22.6 Å². The lowest BCUT2D eigenvalue weighted by Crippen LogP contribution is -2.39. The van der Waals surface area contributed by atoms with E-state index in [9.17, 15) is 31.2 Å². The van der Waals surface area contributed by atoms with Crippen LogP contribution in [0.2, 0.25) is 0 Å². The second kappa shape index (κ2) is 12.4. The molecule has 0 saturated heterocycles. The summed E-state index contributed by atoms with van der Waals surface area (Å²) in [7, 11) is -0.426. The predicted octanol–water partition coefficient (Wildman–Crippen LogP) is 4.12. The third kappa shape index (κ3) is 6.28. The SMILES string of the molecule is CNCCNC(=O)c1cc(OC)ccc1-n1nc(C(F)(F)F)c2c1C(=O)N(c1ccc(-c3ccccc3S(C)(=O)=O)cc1)CC2. The summed E-state index contributed by atoms with van der Waals surface area (Å²) in [5, 5.41) is 9.44. The molecular weight excluding hydrogens is 611 g/mol. The van der Waals surface area contributed by atoms with Gasteiger partial charge in [0.15, 0.2) is 15.5 Å². The van der Waals surface area contributed by atoms with Crippen molar-refractivity contribution >= 4 is 27.3 Å². The van der Waals surface area contributed by atoms with E-state index in [4.69, 9.17) is 4.74 Å². The van der Waals surface area contributed by atoms with Gasteiger partial charge < -0.3 is 20.3 Å². The number of nitrogens with zero attached hydrogens (tertiary/aromatic N) is 3. The number of fused-ring (bicyclic) bond motifs is 1. The smallest absolute Gasteiger partial charge is 0.435 e. The molecule has 3 aromatic carbocycles. The predicted molar refractivity (Wildman–Crippen MR) is 162 cm³/mol. The zero-order valence-electron chi connectivity index (χ0n) is 24.6. The number of sulfone groups is 1. The van der Waals surface area contributed by atoms with Gasteiger partial charge in [-0.1, -0.05) is 30.3 Å². The number of amides is 2. The molecule has 0 fully saturated rings. The van der Waals surface area contributed by atoms with E-state index < -0.39 is 33.5 Å². The van der Waals surface area contributed by atoms with Crippen LogP contribution in [0.15, 0.2) is 71.6 Å². The average molecular weight is 642 g/mol. The number of benzene rings is 3. The summed E-state index contributed by atoms with van der Waals surface area (Å²) in [5.74, 6) is -1.02. The highest BCUT2D eigenvalue weighted by atomic mass is 32.2. The summed E-state index contributed by atoms with van der Waals surface area (Å²) in [6, 6.07) is 17.3. The Morgan fingerprint density at radius 2 is 1.76 bits per heavy atom. The van der Waals surface area contributed by atoms with E-state index in [0.29, 0.717) is 29.1 Å². The Hall–Kier alpha value is -4.69. The number of alkyl halides is 3. The number of anilines is 1. The fourth-order valence-electron chi connectivity index (χ4n) is 5.26. The molecule has 0 radical (unpaired) electrons. The van der Waals surface area contributed by atoms with Crippen LogP contribution >= 0.6 is 0 Å². The Bertz CT molecular complexity index is 1870. The third-order valence-electron chi connectivity index (χ3n) is 7.40. The highest BCUT2D eigenvalue weighted by molar-refractivity contribution is 7.90. The standard InChI is InChI=1S/C31H30F3N5O5S/c1-35-15-16-36-29(40)24-18-21(44-2)12-13-25(24)39-27-23(28(37-39)31(32,33)34)14-17-38(30(27)41)20-10-8-19(9-11-20)22-6-4-5-7-26(22)45(3,42)43/h4-13,18,35H,14-17H2,1-3H3,(H,36,40). The number of rotatable bonds is 9. The molecule has 0 saturated carbocycles. The highest BCUT2D eigenvalue weighted by Crippen LogP contribution is 2.38. The van der Waals surface area contributed by atoms with Crippen molar-refractivity contribution in [2.45, 2.75) is 17.5 Å². The van der Waals surface area contributed by atoms with Gasteiger partial charge in [0.05, 0.1) is 23.3 Å². The number of hydrogen-bond acceptors (Lipinski definition) is 7. The molecule has 0 aliphatic carbocycles. The van der Waals surface area contributed by atoms with Crippen molar-refractivity contribution in [2.24, 2.45) is 0 Å². The van der Waals surface area contributed by atoms with Gasteiger partial charge in [0.1, 0.15) is 11.4 Å². The van der Waals surface area contributed by atoms with Crippen LogP contribution in [0.5, 0.6) is 5.75 Å². The normalized spacial score (nSPS) is 13.5. The maximum atomic E-state index is 14.2. The van der Waals surface area contributed by atoms with Gasteiger partial charge in [0, 0.05) is 42.7 Å². The maximum absolute atomic E-state index is 14.2. The fourth-order valence-corrected chi connectivity index (χ4v) is 6.17. The van der Waals surface area contributed by atoms with E-state index in [-0.39, 0.29) is 46.9 Å². The molecule has 14 heteroatoms. The lowest BCUT2D eigenvalue weighted by atomic mass is 10.0. The number of ether oxygens (including phenoxy) is 1. The number of nitrogens with one attached hydrogen (secondary N) is 2. The first-order valence-corrected chi connectivity index (χ1v) is 15.8. The van der Waals surface area contributed by atoms with Crippen molar-refractivity contribution in [2.75, 3.05) is 44.9 Å². The van der Waals surface area contributed by atoms with E-state index in [0.717, 1.165) is 10.9 Å². The Labute approximate surface area is 257 Å². The lowest BCUT2D eigenvalue weighted by molar-refractivity contribution is -0.141. The Morgan fingerprint density at radius 3 is 2.40 bits per heavy atom. The molecule has 10 nitrogen and oxygen atoms in total. The molecule has 5 rings (SSSR count). The second-order valence-corrected chi connectivity index (χ2v) is 12.3. The van der Waals surface area contributed by atoms with E-state index in [1.54, 1.807) is 49.5 Å². The van der Waals surface area contributed by atoms with E-state index in [1.165, 1.54) is 36.3 Å². The van der Waals surface area contributed by atoms with Crippen LogP contribution in [0.3, 0.4) is 0 Å². The number of carbonyl (C=O) groups excluding carboxylic acids is 2. The number of halogens is 3. The number of carbonyl (C=O) groups is 2. The lowest BCUT2D eigenvalue weighted by Gasteiger charge is -2.28. The van der Waals surface area contributed by atoms with Gasteiger partial charge >= 0.3 is 6.18 Å². The van der Waals surface area contributed by atoms with E-state index in [2.05, 4.69) is 15.7 Å². The van der Waals surface area contributed by atoms with Gasteiger partial charge in [0.25, 0.3) is 11.8 Å². The summed E-state index contributed by atoms with van der Waals surface area (Å²) in [6.45, 7) is 0.640. The summed E-state index contributed by atoms with van der Waals surface area (Å²) in [5.41, 5.74) is -0.360. The largest absolute Gasteiger partial charge is 0.497 e. The quantitative estimate of drug-likeness (QED) is 0.264. The first kappa shape index (κ1) is 31.7. The molecule has 2 amide bonds. The number of aromatic nitrogens is 2. The molecule has 1 aliphatic rings. The van der Waals surface area contributed by atoms with Crippen molar-refractivity contribution in [1.29, 1.82) is 0 Å². The molecule has 0 unspecified atom stereocenters. The topological polar surface area (TPSA) is 123 Å². The first-order valence-electron chi connectivity index (χ1n) is 13.9. The molecule has 1 aliphatic heterocycles. The van der Waals surface area contributed by atoms with Crippen molar-refractivity contribution in [3.63, 3.8) is 0 Å². The molecule has 4 aromatic rings. The summed E-state index contributed by atoms with van der Waals surface area (Å²) >= 11 is 0. The van der Waals surface area contributed by atoms with Crippen LogP contribution in [-0.4, -0.2) is 70.1 Å². The van der Waals surface area contributed by atoms with Crippen LogP contribution in [-0.2, 0) is 22.4 Å². The monoisotopic (exact) mass is 641 g/mol. The summed E-state index contributed by atoms with van der Waals surface area (Å²) in [6.07, 6.45) is -3.88. The van der Waals surface area contributed by atoms with Crippen molar-refractivity contribution in [3.05, 3.63) is 89.2 Å². The van der Waals surface area contributed by atoms with Crippen molar-refractivity contribution < 1.29 is 35.9 Å². The maximum Gasteiger partial charge on any atom is 0.435 e. The number of methoxy groups -OCH3 is 1. The van der Waals surface area contributed by atoms with Gasteiger partial charge in [-0.2, -0.15) is 18.3 Å². The van der Waals surface area contributed by atoms with Gasteiger partial charge in [-0.15, -0.1) is 0 Å². The van der Waals surface area contributed by atoms with Crippen LogP contribution < -0.4 is 20.3 Å². The Balaban J connectivity index is 1.58. The molecule has 0 atom stereocenters. The minimum absolute atomic E-state index is 0.0209. The van der Waals surface area contributed by atoms with Crippen LogP contribution in [0.25, 0.3) is 16.8 Å². The van der Waals surface area contributed by atoms with Gasteiger partial charge in [-0.3, -0.25) is 9.59 Å². The zero-order valence-corrected chi connectivity index (χ0v) is 25.4. The Morgan fingerprint density at radius 1 is 1.04 bits per heavy atom. The first-order chi connectivity index (χ1) is 21.3. The molecular formula is C31H30F3N5O5S. The van der Waals surface area contributed by atoms with E-state index in [1.807, 2.05) is 0 Å². The molecule has 1 aromatic heterocycles. The van der Waals surface area contributed by atoms with Gasteiger partial charge in [-0.05, 0) is 55.4 Å². The van der Waals surface area contributed by atoms with Gasteiger partial charge in [-0.25, -0.2) is 13.1 Å². The van der Waals surface area contributed by atoms with Gasteiger partial charge in [0.2, 0.25) is 0 Å². The molecule has 45 heavy (non-hydrogen) atoms. The molecule has 0 bridgehead atoms. The Kier molecular flexibility index (Phi) is 8.72. The van der Waals surface area contributed by atoms with Crippen LogP contribution in [0, 0.1) is 0 Å². The number of likely N-dealkylation sites (N-methyl/N-ethyl adjacent to an activating group) is 1. The minimum atomic E-state index is -4.85. The minimum Gasteiger partial charge on any atom is -0.497 e. The molecule has 2 heterocycles. The average Bonchev–Trinajstić information content (AvgIpc) is 3.42. The third-order valence-corrected chi connectivity index (χ3v) is 8.55. The number of hydrogen-bond donors (Lipinski definition) is 2. The summed E-state index contributed by atoms with van der Waals surface area (Å²) in [4.78, 5) is 28.6.